The van der Waals surface area contributed by atoms with Crippen molar-refractivity contribution in [2.75, 3.05) is 23.9 Å². The Morgan fingerprint density at radius 3 is 2.85 bits per heavy atom. The van der Waals surface area contributed by atoms with Crippen LogP contribution in [0.3, 0.4) is 0 Å². The first-order valence-electron chi connectivity index (χ1n) is 10.8. The monoisotopic (exact) mass is 493 g/mol. The molecule has 1 saturated heterocycles. The molecule has 1 aliphatic heterocycles. The molecule has 3 aromatic rings. The van der Waals surface area contributed by atoms with Gasteiger partial charge < -0.3 is 9.64 Å². The number of carbonyl (C=O) groups excluding carboxylic acids is 2. The number of amides is 2. The number of pyridine rings is 1. The van der Waals surface area contributed by atoms with Crippen molar-refractivity contribution in [2.45, 2.75) is 25.7 Å². The van der Waals surface area contributed by atoms with E-state index in [0.717, 1.165) is 19.3 Å². The van der Waals surface area contributed by atoms with Crippen LogP contribution in [0.4, 0.5) is 10.8 Å². The van der Waals surface area contributed by atoms with Gasteiger partial charge in [0.05, 0.1) is 13.3 Å². The summed E-state index contributed by atoms with van der Waals surface area (Å²) in [6.45, 7) is 0.632. The van der Waals surface area contributed by atoms with Gasteiger partial charge in [-0.25, -0.2) is 4.98 Å². The minimum absolute atomic E-state index is 0.0524. The smallest absolute Gasteiger partial charge is 0.258 e. The molecule has 5 rings (SSSR count). The maximum absolute atomic E-state index is 13.3. The summed E-state index contributed by atoms with van der Waals surface area (Å²) in [6.07, 6.45) is 5.05. The highest BCUT2D eigenvalue weighted by atomic mass is 35.5. The van der Waals surface area contributed by atoms with Crippen LogP contribution in [0.1, 0.15) is 41.0 Å². The van der Waals surface area contributed by atoms with E-state index in [1.165, 1.54) is 24.6 Å². The summed E-state index contributed by atoms with van der Waals surface area (Å²) in [7, 11) is 1.52. The van der Waals surface area contributed by atoms with Crippen molar-refractivity contribution in [2.24, 2.45) is 5.92 Å². The van der Waals surface area contributed by atoms with Crippen LogP contribution in [-0.4, -0.2) is 40.7 Å². The van der Waals surface area contributed by atoms with E-state index in [2.05, 4.69) is 32.3 Å². The van der Waals surface area contributed by atoms with E-state index in [1.54, 1.807) is 29.2 Å². The number of hydrogen-bond donors (Lipinski definition) is 1. The number of aromatic nitrogens is 3. The molecule has 0 spiro atoms. The predicted octanol–water partition coefficient (Wildman–Crippen LogP) is 4.40. The van der Waals surface area contributed by atoms with Gasteiger partial charge in [0.2, 0.25) is 11.0 Å². The lowest BCUT2D eigenvalue weighted by Crippen LogP contribution is -2.24. The van der Waals surface area contributed by atoms with E-state index in [4.69, 9.17) is 16.3 Å². The number of anilines is 2. The SMILES string of the molecule is COc1cnc(Cl)cc1-c1cc(N2CCCC2=O)ccc1C(=O)Nc1nnc(C#CC2CC2)s1. The van der Waals surface area contributed by atoms with Crippen molar-refractivity contribution in [3.05, 3.63) is 46.2 Å². The number of rotatable bonds is 5. The zero-order valence-electron chi connectivity index (χ0n) is 18.3. The highest BCUT2D eigenvalue weighted by molar-refractivity contribution is 7.15. The average Bonchev–Trinajstić information content (AvgIpc) is 3.41. The molecule has 0 bridgehead atoms. The molecule has 34 heavy (non-hydrogen) atoms. The van der Waals surface area contributed by atoms with Gasteiger partial charge in [-0.15, -0.1) is 10.2 Å². The van der Waals surface area contributed by atoms with Crippen molar-refractivity contribution >= 4 is 45.6 Å². The van der Waals surface area contributed by atoms with Gasteiger partial charge in [-0.1, -0.05) is 28.9 Å². The Morgan fingerprint density at radius 2 is 2.12 bits per heavy atom. The summed E-state index contributed by atoms with van der Waals surface area (Å²) in [5.74, 6) is 6.73. The van der Waals surface area contributed by atoms with Gasteiger partial charge in [0.1, 0.15) is 10.9 Å². The molecule has 2 aromatic heterocycles. The van der Waals surface area contributed by atoms with Crippen LogP contribution in [-0.2, 0) is 4.79 Å². The zero-order chi connectivity index (χ0) is 23.7. The topological polar surface area (TPSA) is 97.3 Å². The quantitative estimate of drug-likeness (QED) is 0.418. The van der Waals surface area contributed by atoms with Crippen LogP contribution in [0.15, 0.2) is 30.5 Å². The molecule has 2 fully saturated rings. The number of nitrogens with one attached hydrogen (secondary N) is 1. The molecule has 0 radical (unpaired) electrons. The number of methoxy groups -OCH3 is 1. The number of carbonyl (C=O) groups is 2. The summed E-state index contributed by atoms with van der Waals surface area (Å²) in [5.41, 5.74) is 2.23. The first kappa shape index (κ1) is 22.3. The molecule has 172 valence electrons. The van der Waals surface area contributed by atoms with E-state index in [-0.39, 0.29) is 17.0 Å². The number of ether oxygens (including phenoxy) is 1. The molecule has 0 unspecified atom stereocenters. The van der Waals surface area contributed by atoms with E-state index in [9.17, 15) is 9.59 Å². The molecule has 8 nitrogen and oxygen atoms in total. The Bertz CT molecular complexity index is 1340. The fourth-order valence-corrected chi connectivity index (χ4v) is 4.47. The lowest BCUT2D eigenvalue weighted by Gasteiger charge is -2.19. The Labute approximate surface area is 205 Å². The molecule has 2 aliphatic rings. The third-order valence-corrected chi connectivity index (χ3v) is 6.54. The standard InChI is InChI=1S/C24H20ClN5O3S/c1-33-19-13-26-20(25)12-18(19)17-11-15(30-10-2-3-22(30)31)7-8-16(17)23(32)27-24-29-28-21(34-24)9-6-14-4-5-14/h7-8,11-14H,2-5,10H2,1H3,(H,27,29,32). The summed E-state index contributed by atoms with van der Waals surface area (Å²) in [5, 5.41) is 12.1. The summed E-state index contributed by atoms with van der Waals surface area (Å²) >= 11 is 7.40. The van der Waals surface area contributed by atoms with Gasteiger partial charge in [-0.2, -0.15) is 0 Å². The van der Waals surface area contributed by atoms with Crippen molar-refractivity contribution in [1.29, 1.82) is 0 Å². The van der Waals surface area contributed by atoms with Crippen molar-refractivity contribution in [3.63, 3.8) is 0 Å². The van der Waals surface area contributed by atoms with E-state index in [1.807, 2.05) is 0 Å². The van der Waals surface area contributed by atoms with Gasteiger partial charge in [-0.05, 0) is 49.4 Å². The second-order valence-corrected chi connectivity index (χ2v) is 9.36. The molecule has 10 heteroatoms. The van der Waals surface area contributed by atoms with Crippen LogP contribution in [0, 0.1) is 17.8 Å². The highest BCUT2D eigenvalue weighted by Crippen LogP contribution is 2.37. The predicted molar refractivity (Wildman–Crippen MR) is 130 cm³/mol. The number of nitrogens with zero attached hydrogens (tertiary/aromatic N) is 4. The van der Waals surface area contributed by atoms with Gasteiger partial charge in [-0.3, -0.25) is 14.9 Å². The number of benzene rings is 1. The Morgan fingerprint density at radius 1 is 1.26 bits per heavy atom. The molecular formula is C24H20ClN5O3S. The van der Waals surface area contributed by atoms with Gasteiger partial charge >= 0.3 is 0 Å². The van der Waals surface area contributed by atoms with Crippen LogP contribution in [0.2, 0.25) is 5.15 Å². The first-order chi connectivity index (χ1) is 16.5. The molecule has 1 saturated carbocycles. The van der Waals surface area contributed by atoms with Gasteiger partial charge in [0, 0.05) is 41.3 Å². The van der Waals surface area contributed by atoms with Crippen molar-refractivity contribution in [1.82, 2.24) is 15.2 Å². The van der Waals surface area contributed by atoms with E-state index < -0.39 is 0 Å². The lowest BCUT2D eigenvalue weighted by atomic mass is 9.98. The molecular weight excluding hydrogens is 474 g/mol. The van der Waals surface area contributed by atoms with Gasteiger partial charge in [0.25, 0.3) is 5.91 Å². The van der Waals surface area contributed by atoms with Gasteiger partial charge in [0.15, 0.2) is 5.01 Å². The third-order valence-electron chi connectivity index (χ3n) is 5.58. The third kappa shape index (κ3) is 4.74. The van der Waals surface area contributed by atoms with Crippen LogP contribution < -0.4 is 15.0 Å². The van der Waals surface area contributed by atoms with E-state index >= 15 is 0 Å². The van der Waals surface area contributed by atoms with Crippen LogP contribution in [0.5, 0.6) is 5.75 Å². The number of hydrogen-bond acceptors (Lipinski definition) is 7. The molecule has 1 N–H and O–H groups in total. The molecule has 0 atom stereocenters. The summed E-state index contributed by atoms with van der Waals surface area (Å²) in [4.78, 5) is 31.4. The first-order valence-corrected chi connectivity index (χ1v) is 12.0. The largest absolute Gasteiger partial charge is 0.494 e. The average molecular weight is 494 g/mol. The lowest BCUT2D eigenvalue weighted by molar-refractivity contribution is -0.117. The summed E-state index contributed by atoms with van der Waals surface area (Å²) < 4.78 is 5.48. The molecule has 1 aromatic carbocycles. The van der Waals surface area contributed by atoms with Crippen molar-refractivity contribution in [3.8, 4) is 28.7 Å². The fourth-order valence-electron chi connectivity index (χ4n) is 3.71. The molecule has 1 aliphatic carbocycles. The molecule has 2 amide bonds. The van der Waals surface area contributed by atoms with E-state index in [0.29, 0.717) is 57.1 Å². The zero-order valence-corrected chi connectivity index (χ0v) is 19.9. The van der Waals surface area contributed by atoms with Crippen molar-refractivity contribution < 1.29 is 14.3 Å². The minimum Gasteiger partial charge on any atom is -0.494 e. The fraction of sp³-hybridized carbons (Fsp3) is 0.292. The van der Waals surface area contributed by atoms with Crippen LogP contribution in [0.25, 0.3) is 11.1 Å². The number of halogens is 1. The Balaban J connectivity index is 1.51. The second-order valence-electron chi connectivity index (χ2n) is 8.00. The summed E-state index contributed by atoms with van der Waals surface area (Å²) in [6, 6.07) is 6.90. The van der Waals surface area contributed by atoms with Crippen LogP contribution >= 0.6 is 22.9 Å². The Kier molecular flexibility index (Phi) is 6.18. The maximum atomic E-state index is 13.3. The Hall–Kier alpha value is -3.48. The second kappa shape index (κ2) is 9.41. The maximum Gasteiger partial charge on any atom is 0.258 e. The normalized spacial score (nSPS) is 15.1. The highest BCUT2D eigenvalue weighted by Gasteiger charge is 2.25. The molecule has 3 heterocycles. The minimum atomic E-state index is -0.373.